The number of nitrogens with two attached hydrogens (primary N) is 1. The molecule has 0 spiro atoms. The lowest BCUT2D eigenvalue weighted by atomic mass is 10.1. The molecule has 0 aliphatic carbocycles. The van der Waals surface area contributed by atoms with Gasteiger partial charge in [0.05, 0.1) is 11.4 Å². The second-order valence-electron chi connectivity index (χ2n) is 4.36. The average Bonchev–Trinajstić information content (AvgIpc) is 2.52. The summed E-state index contributed by atoms with van der Waals surface area (Å²) in [7, 11) is -4.63. The Morgan fingerprint density at radius 1 is 1.25 bits per heavy atom. The van der Waals surface area contributed by atoms with Crippen molar-refractivity contribution in [2.75, 3.05) is 13.1 Å². The standard InChI is InChI=1S/C12H13Cl2F3N2O4S/c13-6-8-2-1-3-10(9(8)7-14)24(21,22)19(5-4-18)23-11(20)12(15,16)17/h1-3H,4-7,18H2. The Labute approximate surface area is 146 Å². The van der Waals surface area contributed by atoms with Crippen molar-refractivity contribution in [3.05, 3.63) is 29.3 Å². The summed E-state index contributed by atoms with van der Waals surface area (Å²) < 4.78 is 62.0. The summed E-state index contributed by atoms with van der Waals surface area (Å²) in [6.45, 7) is -1.05. The lowest BCUT2D eigenvalue weighted by molar-refractivity contribution is -0.222. The molecular formula is C12H13Cl2F3N2O4S. The fraction of sp³-hybridized carbons (Fsp3) is 0.417. The van der Waals surface area contributed by atoms with Crippen LogP contribution in [0.1, 0.15) is 11.1 Å². The van der Waals surface area contributed by atoms with Crippen molar-refractivity contribution in [1.82, 2.24) is 4.47 Å². The molecular weight excluding hydrogens is 396 g/mol. The van der Waals surface area contributed by atoms with Gasteiger partial charge in [0.1, 0.15) is 0 Å². The zero-order valence-corrected chi connectivity index (χ0v) is 14.3. The third-order valence-electron chi connectivity index (χ3n) is 2.78. The number of nitrogens with zero attached hydrogens (tertiary/aromatic N) is 1. The number of sulfonamides is 1. The number of hydrogen-bond acceptors (Lipinski definition) is 5. The first kappa shape index (κ1) is 21.0. The van der Waals surface area contributed by atoms with Crippen LogP contribution in [0.25, 0.3) is 0 Å². The maximum atomic E-state index is 12.6. The number of alkyl halides is 5. The van der Waals surface area contributed by atoms with E-state index in [0.717, 1.165) is 6.07 Å². The quantitative estimate of drug-likeness (QED) is 0.551. The van der Waals surface area contributed by atoms with Crippen molar-refractivity contribution in [2.45, 2.75) is 22.8 Å². The van der Waals surface area contributed by atoms with E-state index in [0.29, 0.717) is 5.56 Å². The van der Waals surface area contributed by atoms with Crippen LogP contribution in [-0.2, 0) is 31.4 Å². The summed E-state index contributed by atoms with van der Waals surface area (Å²) in [4.78, 5) is 14.5. The zero-order chi connectivity index (χ0) is 18.5. The number of halogens is 5. The summed E-state index contributed by atoms with van der Waals surface area (Å²) in [5.41, 5.74) is 5.66. The van der Waals surface area contributed by atoms with Crippen LogP contribution in [0, 0.1) is 0 Å². The van der Waals surface area contributed by atoms with Gasteiger partial charge in [0.15, 0.2) is 0 Å². The van der Waals surface area contributed by atoms with Gasteiger partial charge in [-0.15, -0.1) is 23.2 Å². The number of carbonyl (C=O) groups is 1. The number of benzene rings is 1. The van der Waals surface area contributed by atoms with Crippen molar-refractivity contribution in [1.29, 1.82) is 0 Å². The SMILES string of the molecule is NCCN(OC(=O)C(F)(F)F)S(=O)(=O)c1cccc(CCl)c1CCl. The topological polar surface area (TPSA) is 89.7 Å². The summed E-state index contributed by atoms with van der Waals surface area (Å²) >= 11 is 11.4. The number of carbonyl (C=O) groups excluding carboxylic acids is 1. The molecule has 0 saturated heterocycles. The van der Waals surface area contributed by atoms with E-state index in [1.807, 2.05) is 0 Å². The first-order valence-corrected chi connectivity index (χ1v) is 8.85. The van der Waals surface area contributed by atoms with Gasteiger partial charge < -0.3 is 10.6 Å². The van der Waals surface area contributed by atoms with E-state index in [4.69, 9.17) is 28.9 Å². The van der Waals surface area contributed by atoms with Crippen LogP contribution in [0.15, 0.2) is 23.1 Å². The summed E-state index contributed by atoms with van der Waals surface area (Å²) in [6.07, 6.45) is -5.37. The Balaban J connectivity index is 3.35. The molecule has 136 valence electrons. The Morgan fingerprint density at radius 2 is 1.88 bits per heavy atom. The van der Waals surface area contributed by atoms with E-state index in [-0.39, 0.29) is 28.3 Å². The third kappa shape index (κ3) is 4.73. The van der Waals surface area contributed by atoms with Gasteiger partial charge in [0, 0.05) is 18.3 Å². The molecule has 6 nitrogen and oxygen atoms in total. The average molecular weight is 409 g/mol. The number of hydroxylamine groups is 1. The monoisotopic (exact) mass is 408 g/mol. The highest BCUT2D eigenvalue weighted by atomic mass is 35.5. The molecule has 12 heteroatoms. The number of rotatable bonds is 7. The van der Waals surface area contributed by atoms with Crippen LogP contribution >= 0.6 is 23.2 Å². The molecule has 0 bridgehead atoms. The molecule has 1 rings (SSSR count). The van der Waals surface area contributed by atoms with Crippen molar-refractivity contribution in [3.63, 3.8) is 0 Å². The van der Waals surface area contributed by atoms with Gasteiger partial charge >= 0.3 is 12.1 Å². The van der Waals surface area contributed by atoms with Crippen molar-refractivity contribution >= 4 is 39.2 Å². The molecule has 24 heavy (non-hydrogen) atoms. The molecule has 0 heterocycles. The van der Waals surface area contributed by atoms with Gasteiger partial charge in [0.2, 0.25) is 0 Å². The van der Waals surface area contributed by atoms with E-state index < -0.39 is 33.6 Å². The van der Waals surface area contributed by atoms with Gasteiger partial charge in [0.25, 0.3) is 10.0 Å². The predicted molar refractivity (Wildman–Crippen MR) is 80.6 cm³/mol. The lowest BCUT2D eigenvalue weighted by Crippen LogP contribution is -2.41. The van der Waals surface area contributed by atoms with Crippen LogP contribution in [-0.4, -0.2) is 38.1 Å². The van der Waals surface area contributed by atoms with Gasteiger partial charge in [-0.3, -0.25) is 0 Å². The Bertz CT molecular complexity index is 698. The normalized spacial score (nSPS) is 12.5. The molecule has 0 fully saturated rings. The van der Waals surface area contributed by atoms with Crippen LogP contribution in [0.4, 0.5) is 13.2 Å². The Hall–Kier alpha value is -1.07. The summed E-state index contributed by atoms with van der Waals surface area (Å²) in [5, 5.41) is 0. The van der Waals surface area contributed by atoms with E-state index in [9.17, 15) is 26.4 Å². The second kappa shape index (κ2) is 8.34. The maximum absolute atomic E-state index is 12.6. The van der Waals surface area contributed by atoms with Crippen molar-refractivity contribution < 1.29 is 31.2 Å². The smallest absolute Gasteiger partial charge is 0.345 e. The maximum Gasteiger partial charge on any atom is 0.492 e. The molecule has 2 N–H and O–H groups in total. The summed E-state index contributed by atoms with van der Waals surface area (Å²) in [5.74, 6) is -3.01. The second-order valence-corrected chi connectivity index (χ2v) is 6.69. The highest BCUT2D eigenvalue weighted by Crippen LogP contribution is 2.27. The predicted octanol–water partition coefficient (Wildman–Crippen LogP) is 2.13. The lowest BCUT2D eigenvalue weighted by Gasteiger charge is -2.22. The fourth-order valence-corrected chi connectivity index (χ4v) is 3.85. The van der Waals surface area contributed by atoms with Gasteiger partial charge in [-0.2, -0.15) is 13.2 Å². The molecule has 0 aliphatic heterocycles. The molecule has 1 aromatic rings. The molecule has 0 amide bonds. The van der Waals surface area contributed by atoms with Crippen LogP contribution in [0.2, 0.25) is 0 Å². The van der Waals surface area contributed by atoms with Crippen LogP contribution in [0.5, 0.6) is 0 Å². The molecule has 0 aromatic heterocycles. The van der Waals surface area contributed by atoms with E-state index in [1.165, 1.54) is 12.1 Å². The van der Waals surface area contributed by atoms with E-state index >= 15 is 0 Å². The first-order valence-electron chi connectivity index (χ1n) is 6.34. The highest BCUT2D eigenvalue weighted by molar-refractivity contribution is 7.89. The first-order chi connectivity index (χ1) is 11.1. The largest absolute Gasteiger partial charge is 0.492 e. The van der Waals surface area contributed by atoms with Gasteiger partial charge in [-0.25, -0.2) is 13.2 Å². The fourth-order valence-electron chi connectivity index (χ4n) is 1.70. The minimum Gasteiger partial charge on any atom is -0.345 e. The van der Waals surface area contributed by atoms with Crippen molar-refractivity contribution in [3.8, 4) is 0 Å². The van der Waals surface area contributed by atoms with Crippen LogP contribution < -0.4 is 5.73 Å². The number of hydrogen-bond donors (Lipinski definition) is 1. The van der Waals surface area contributed by atoms with Gasteiger partial charge in [-0.05, 0) is 21.7 Å². The third-order valence-corrected chi connectivity index (χ3v) is 5.07. The zero-order valence-electron chi connectivity index (χ0n) is 12.0. The van der Waals surface area contributed by atoms with E-state index in [1.54, 1.807) is 0 Å². The summed E-state index contributed by atoms with van der Waals surface area (Å²) in [6, 6.07) is 3.97. The molecule has 0 atom stereocenters. The molecule has 1 aromatic carbocycles. The molecule has 0 radical (unpaired) electrons. The van der Waals surface area contributed by atoms with Crippen molar-refractivity contribution in [2.24, 2.45) is 5.73 Å². The Kier molecular flexibility index (Phi) is 7.29. The molecule has 0 aliphatic rings. The minimum atomic E-state index is -5.37. The minimum absolute atomic E-state index is 0.0648. The molecule has 0 unspecified atom stereocenters. The molecule has 0 saturated carbocycles. The van der Waals surface area contributed by atoms with E-state index in [2.05, 4.69) is 4.84 Å². The Morgan fingerprint density at radius 3 is 2.33 bits per heavy atom. The van der Waals surface area contributed by atoms with Gasteiger partial charge in [-0.1, -0.05) is 12.1 Å². The van der Waals surface area contributed by atoms with Crippen LogP contribution in [0.3, 0.4) is 0 Å². The highest BCUT2D eigenvalue weighted by Gasteiger charge is 2.44.